The Balaban J connectivity index is 1.16. The summed E-state index contributed by atoms with van der Waals surface area (Å²) in [5.74, 6) is -0.605. The molecule has 1 aromatic heterocycles. The first kappa shape index (κ1) is 27.3. The molecule has 11 heteroatoms. The van der Waals surface area contributed by atoms with E-state index < -0.39 is 24.2 Å². The van der Waals surface area contributed by atoms with Crippen molar-refractivity contribution in [2.45, 2.75) is 56.3 Å². The zero-order valence-electron chi connectivity index (χ0n) is 23.0. The van der Waals surface area contributed by atoms with Gasteiger partial charge in [0.2, 0.25) is 5.91 Å². The van der Waals surface area contributed by atoms with E-state index in [2.05, 4.69) is 27.5 Å². The van der Waals surface area contributed by atoms with E-state index in [0.717, 1.165) is 74.7 Å². The molecule has 0 radical (unpaired) electrons. The van der Waals surface area contributed by atoms with Gasteiger partial charge in [0.15, 0.2) is 10.9 Å². The van der Waals surface area contributed by atoms with E-state index in [4.69, 9.17) is 15.5 Å². The Hall–Kier alpha value is -2.86. The number of thiazole rings is 1. The molecule has 1 aromatic carbocycles. The van der Waals surface area contributed by atoms with Gasteiger partial charge in [0.1, 0.15) is 24.8 Å². The summed E-state index contributed by atoms with van der Waals surface area (Å²) in [6.45, 7) is 4.23. The Morgan fingerprint density at radius 1 is 1.10 bits per heavy atom. The number of nitrogens with one attached hydrogen (secondary N) is 1. The fraction of sp³-hybridized carbons (Fsp3) is 0.586. The van der Waals surface area contributed by atoms with E-state index in [1.165, 1.54) is 0 Å². The second-order valence-corrected chi connectivity index (χ2v) is 12.4. The molecule has 4 atom stereocenters. The molecule has 1 aliphatic carbocycles. The number of hydrogen-bond acceptors (Lipinski definition) is 9. The number of benzene rings is 1. The number of carbonyl (C=O) groups is 3. The predicted molar refractivity (Wildman–Crippen MR) is 153 cm³/mol. The number of hydrogen-bond donors (Lipinski definition) is 2. The van der Waals surface area contributed by atoms with Gasteiger partial charge in [-0.05, 0) is 37.9 Å². The number of carbonyl (C=O) groups excluding carboxylic acids is 3. The van der Waals surface area contributed by atoms with Crippen molar-refractivity contribution in [2.24, 2.45) is 11.7 Å². The lowest BCUT2D eigenvalue weighted by Gasteiger charge is -2.34. The molecular formula is C29H38N6O4S. The minimum Gasteiger partial charge on any atom is -0.366 e. The highest BCUT2D eigenvalue weighted by molar-refractivity contribution is 7.14. The molecule has 4 heterocycles. The summed E-state index contributed by atoms with van der Waals surface area (Å²) in [6.07, 6.45) is 4.45. The first-order valence-corrected chi connectivity index (χ1v) is 15.3. The number of aromatic nitrogens is 1. The molecule has 3 aliphatic heterocycles. The topological polar surface area (TPSA) is 121 Å². The second-order valence-electron chi connectivity index (χ2n) is 11.6. The molecule has 1 saturated carbocycles. The van der Waals surface area contributed by atoms with Crippen LogP contribution in [0.3, 0.4) is 0 Å². The Labute approximate surface area is 238 Å². The van der Waals surface area contributed by atoms with Crippen LogP contribution < -0.4 is 16.0 Å². The van der Waals surface area contributed by atoms with Gasteiger partial charge in [-0.15, -0.1) is 11.3 Å². The van der Waals surface area contributed by atoms with Gasteiger partial charge in [-0.2, -0.15) is 0 Å². The van der Waals surface area contributed by atoms with E-state index in [9.17, 15) is 14.4 Å². The maximum Gasteiger partial charge on any atom is 0.251 e. The molecule has 3 saturated heterocycles. The lowest BCUT2D eigenvalue weighted by Crippen LogP contribution is -2.55. The first-order chi connectivity index (χ1) is 19.4. The molecule has 0 bridgehead atoms. The van der Waals surface area contributed by atoms with Crippen molar-refractivity contribution in [3.63, 3.8) is 0 Å². The maximum atomic E-state index is 13.9. The quantitative estimate of drug-likeness (QED) is 0.543. The van der Waals surface area contributed by atoms with Crippen LogP contribution in [0.2, 0.25) is 0 Å². The summed E-state index contributed by atoms with van der Waals surface area (Å²) in [5.41, 5.74) is 8.56. The van der Waals surface area contributed by atoms with Gasteiger partial charge in [-0.25, -0.2) is 4.98 Å². The highest BCUT2D eigenvalue weighted by atomic mass is 32.1. The predicted octanol–water partition coefficient (Wildman–Crippen LogP) is 1.75. The highest BCUT2D eigenvalue weighted by Gasteiger charge is 2.52. The maximum absolute atomic E-state index is 13.9. The monoisotopic (exact) mass is 566 g/mol. The third-order valence-electron chi connectivity index (χ3n) is 8.89. The molecule has 4 fully saturated rings. The first-order valence-electron chi connectivity index (χ1n) is 14.4. The van der Waals surface area contributed by atoms with Crippen LogP contribution in [0, 0.1) is 5.92 Å². The summed E-state index contributed by atoms with van der Waals surface area (Å²) in [6, 6.07) is 5.64. The van der Waals surface area contributed by atoms with Crippen LogP contribution in [-0.2, 0) is 14.3 Å². The van der Waals surface area contributed by atoms with Crippen LogP contribution in [0.5, 0.6) is 0 Å². The minimum atomic E-state index is -0.698. The van der Waals surface area contributed by atoms with Crippen LogP contribution in [0.1, 0.15) is 42.5 Å². The van der Waals surface area contributed by atoms with Crippen molar-refractivity contribution < 1.29 is 19.1 Å². The van der Waals surface area contributed by atoms with Gasteiger partial charge < -0.3 is 30.5 Å². The van der Waals surface area contributed by atoms with Crippen molar-refractivity contribution in [1.82, 2.24) is 20.1 Å². The number of likely N-dealkylation sites (tertiary alicyclic amines) is 1. The zero-order chi connectivity index (χ0) is 27.8. The van der Waals surface area contributed by atoms with E-state index in [1.54, 1.807) is 28.4 Å². The highest BCUT2D eigenvalue weighted by Crippen LogP contribution is 2.32. The van der Waals surface area contributed by atoms with Gasteiger partial charge >= 0.3 is 0 Å². The fourth-order valence-corrected chi connectivity index (χ4v) is 7.39. The second kappa shape index (κ2) is 11.6. The number of fused-ring (bicyclic) bond motifs is 1. The number of rotatable bonds is 6. The zero-order valence-corrected chi connectivity index (χ0v) is 23.8. The molecule has 0 spiro atoms. The average Bonchev–Trinajstić information content (AvgIpc) is 3.70. The number of ketones is 1. The standard InChI is InChI=1S/C29H38N6O4S/c1-33-11-13-34(14-12-33)29-31-22(17-40-29)18-7-9-20(10-8-18)27(37)32-24(19-5-3-2-4-6-19)28(38)35-15-21(30)26-25(35)23(36)16-39-26/h7-10,17,19,21,24-26H,2-6,11-16,30H2,1H3,(H,32,37)/t21-,24-,25+,26-/m0/s1. The third-order valence-corrected chi connectivity index (χ3v) is 9.79. The largest absolute Gasteiger partial charge is 0.366 e. The molecule has 4 aliphatic rings. The summed E-state index contributed by atoms with van der Waals surface area (Å²) < 4.78 is 5.58. The van der Waals surface area contributed by atoms with E-state index in [0.29, 0.717) is 5.56 Å². The summed E-state index contributed by atoms with van der Waals surface area (Å²) in [4.78, 5) is 50.9. The number of amides is 2. The molecular weight excluding hydrogens is 528 g/mol. The van der Waals surface area contributed by atoms with Gasteiger partial charge in [-0.1, -0.05) is 31.4 Å². The SMILES string of the molecule is CN1CCN(c2nc(-c3ccc(C(=O)N[C@H](C(=O)N4C[C@H](N)[C@@H]5OCC(=O)[C@H]54)C4CCCCC4)cc3)cs2)CC1. The molecule has 40 heavy (non-hydrogen) atoms. The number of Topliss-reactive ketones (excluding diaryl/α,β-unsaturated/α-hetero) is 1. The normalized spacial score (nSPS) is 26.6. The average molecular weight is 567 g/mol. The van der Waals surface area contributed by atoms with Gasteiger partial charge in [0.25, 0.3) is 5.91 Å². The lowest BCUT2D eigenvalue weighted by molar-refractivity contribution is -0.139. The van der Waals surface area contributed by atoms with Gasteiger partial charge in [-0.3, -0.25) is 14.4 Å². The minimum absolute atomic E-state index is 0.0184. The summed E-state index contributed by atoms with van der Waals surface area (Å²) >= 11 is 1.64. The van der Waals surface area contributed by atoms with Crippen molar-refractivity contribution in [3.8, 4) is 11.3 Å². The Morgan fingerprint density at radius 2 is 1.82 bits per heavy atom. The molecule has 6 rings (SSSR count). The van der Waals surface area contributed by atoms with Crippen LogP contribution in [0.4, 0.5) is 5.13 Å². The van der Waals surface area contributed by atoms with E-state index in [1.807, 2.05) is 12.1 Å². The van der Waals surface area contributed by atoms with Crippen LogP contribution in [0.15, 0.2) is 29.6 Å². The molecule has 0 unspecified atom stereocenters. The smallest absolute Gasteiger partial charge is 0.251 e. The molecule has 10 nitrogen and oxygen atoms in total. The lowest BCUT2D eigenvalue weighted by atomic mass is 9.83. The summed E-state index contributed by atoms with van der Waals surface area (Å²) in [7, 11) is 2.14. The van der Waals surface area contributed by atoms with E-state index in [-0.39, 0.29) is 36.7 Å². The Bertz CT molecular complexity index is 1240. The number of piperazine rings is 1. The number of likely N-dealkylation sites (N-methyl/N-ethyl adjacent to an activating group) is 1. The van der Waals surface area contributed by atoms with Crippen LogP contribution in [0.25, 0.3) is 11.3 Å². The Kier molecular flexibility index (Phi) is 7.89. The Morgan fingerprint density at radius 3 is 2.55 bits per heavy atom. The van der Waals surface area contributed by atoms with Crippen LogP contribution >= 0.6 is 11.3 Å². The molecule has 214 valence electrons. The van der Waals surface area contributed by atoms with Crippen molar-refractivity contribution >= 4 is 34.1 Å². The van der Waals surface area contributed by atoms with Crippen LogP contribution in [-0.4, -0.2) is 103 Å². The summed E-state index contributed by atoms with van der Waals surface area (Å²) in [5, 5.41) is 6.13. The van der Waals surface area contributed by atoms with Crippen molar-refractivity contribution in [1.29, 1.82) is 0 Å². The number of ether oxygens (including phenoxy) is 1. The molecule has 3 N–H and O–H groups in total. The van der Waals surface area contributed by atoms with Gasteiger partial charge in [0.05, 0.1) is 11.7 Å². The molecule has 2 amide bonds. The van der Waals surface area contributed by atoms with Crippen molar-refractivity contribution in [2.75, 3.05) is 51.3 Å². The van der Waals surface area contributed by atoms with E-state index >= 15 is 0 Å². The number of nitrogens with two attached hydrogens (primary N) is 1. The molecule has 2 aromatic rings. The fourth-order valence-electron chi connectivity index (χ4n) is 6.50. The number of anilines is 1. The van der Waals surface area contributed by atoms with Gasteiger partial charge in [0, 0.05) is 49.2 Å². The number of nitrogens with zero attached hydrogens (tertiary/aromatic N) is 4. The third kappa shape index (κ3) is 5.39. The van der Waals surface area contributed by atoms with Crippen molar-refractivity contribution in [3.05, 3.63) is 35.2 Å².